The Balaban J connectivity index is 1.38. The minimum absolute atomic E-state index is 0.0979. The van der Waals surface area contributed by atoms with E-state index in [1.165, 1.54) is 76.1 Å². The second kappa shape index (κ2) is 9.98. The van der Waals surface area contributed by atoms with Crippen LogP contribution in [0.15, 0.2) is 102 Å². The summed E-state index contributed by atoms with van der Waals surface area (Å²) < 4.78 is 13.4. The molecule has 226 valence electrons. The van der Waals surface area contributed by atoms with E-state index in [1.807, 2.05) is 11.3 Å². The third-order valence-electron chi connectivity index (χ3n) is 10.8. The predicted octanol–water partition coefficient (Wildman–Crippen LogP) is 10.6. The lowest BCUT2D eigenvalue weighted by molar-refractivity contribution is -0.746. The number of aryl methyl sites for hydroxylation is 3. The standard InChI is InChI=1S/C42H38N2OS/c1-7-12-35-37(29-14-9-8-13-28(29)34-15-10-11-20-43(34)35)39-32-19-18-30-31-17-16-27-25(5)26(6)46-42(27)41(31)45-40(30)38(32)36-21-33(23(2)3)24(4)22-44(36)39/h7-11,13-23,35,37,39H,1,12H2,2-6H3/q+2. The molecule has 0 saturated carbocycles. The maximum atomic E-state index is 7.08. The third-order valence-corrected chi connectivity index (χ3v) is 12.1. The first-order valence-electron chi connectivity index (χ1n) is 16.5. The summed E-state index contributed by atoms with van der Waals surface area (Å²) in [7, 11) is 0. The van der Waals surface area contributed by atoms with Gasteiger partial charge in [-0.1, -0.05) is 50.3 Å². The lowest BCUT2D eigenvalue weighted by Crippen LogP contribution is -2.53. The van der Waals surface area contributed by atoms with Crippen molar-refractivity contribution in [2.75, 3.05) is 0 Å². The topological polar surface area (TPSA) is 20.9 Å². The number of aromatic nitrogens is 2. The second-order valence-corrected chi connectivity index (χ2v) is 14.8. The molecular formula is C42H38N2OS+2. The van der Waals surface area contributed by atoms with Gasteiger partial charge in [-0.05, 0) is 73.0 Å². The van der Waals surface area contributed by atoms with Crippen molar-refractivity contribution in [3.05, 3.63) is 131 Å². The molecule has 4 aromatic heterocycles. The van der Waals surface area contributed by atoms with Crippen LogP contribution in [0.25, 0.3) is 54.5 Å². The van der Waals surface area contributed by atoms with Gasteiger partial charge in [-0.25, -0.2) is 0 Å². The zero-order valence-corrected chi connectivity index (χ0v) is 27.9. The Morgan fingerprint density at radius 1 is 0.848 bits per heavy atom. The molecule has 0 aliphatic carbocycles. The first-order chi connectivity index (χ1) is 22.4. The highest BCUT2D eigenvalue weighted by Gasteiger charge is 2.53. The van der Waals surface area contributed by atoms with Crippen molar-refractivity contribution in [1.29, 1.82) is 0 Å². The Labute approximate surface area is 274 Å². The number of nitrogens with zero attached hydrogens (tertiary/aromatic N) is 2. The van der Waals surface area contributed by atoms with Gasteiger partial charge in [0.15, 0.2) is 30.1 Å². The van der Waals surface area contributed by atoms with Crippen molar-refractivity contribution in [2.45, 2.75) is 65.0 Å². The van der Waals surface area contributed by atoms with Crippen LogP contribution in [0.2, 0.25) is 0 Å². The molecule has 0 saturated heterocycles. The minimum atomic E-state index is 0.0979. The quantitative estimate of drug-likeness (QED) is 0.142. The number of hydrogen-bond donors (Lipinski definition) is 0. The Bertz CT molecular complexity index is 2410. The Morgan fingerprint density at radius 2 is 1.61 bits per heavy atom. The summed E-state index contributed by atoms with van der Waals surface area (Å²) in [4.78, 5) is 1.35. The van der Waals surface area contributed by atoms with Gasteiger partial charge in [-0.15, -0.1) is 17.9 Å². The molecule has 46 heavy (non-hydrogen) atoms. The van der Waals surface area contributed by atoms with E-state index in [1.54, 1.807) is 0 Å². The number of fused-ring (bicyclic) bond motifs is 12. The number of allylic oxidation sites excluding steroid dienone is 1. The summed E-state index contributed by atoms with van der Waals surface area (Å²) in [5, 5.41) is 3.71. The molecule has 7 aromatic rings. The molecule has 0 fully saturated rings. The van der Waals surface area contributed by atoms with Crippen LogP contribution in [-0.2, 0) is 0 Å². The zero-order valence-electron chi connectivity index (χ0n) is 27.1. The van der Waals surface area contributed by atoms with Crippen LogP contribution >= 0.6 is 11.3 Å². The first kappa shape index (κ1) is 27.7. The van der Waals surface area contributed by atoms with Gasteiger partial charge >= 0.3 is 0 Å². The van der Waals surface area contributed by atoms with Gasteiger partial charge in [-0.2, -0.15) is 9.13 Å². The molecule has 9 rings (SSSR count). The summed E-state index contributed by atoms with van der Waals surface area (Å²) in [6, 6.07) is 27.7. The van der Waals surface area contributed by atoms with Gasteiger partial charge in [0.05, 0.1) is 15.8 Å². The molecule has 6 heterocycles. The third kappa shape index (κ3) is 3.65. The van der Waals surface area contributed by atoms with Gasteiger partial charge in [0.1, 0.15) is 11.5 Å². The fourth-order valence-corrected chi connectivity index (χ4v) is 9.81. The highest BCUT2D eigenvalue weighted by Crippen LogP contribution is 2.53. The predicted molar refractivity (Wildman–Crippen MR) is 190 cm³/mol. The van der Waals surface area contributed by atoms with Gasteiger partial charge < -0.3 is 4.42 Å². The van der Waals surface area contributed by atoms with Crippen LogP contribution in [0, 0.1) is 20.8 Å². The molecule has 3 aromatic carbocycles. The van der Waals surface area contributed by atoms with E-state index in [9.17, 15) is 0 Å². The molecule has 0 bridgehead atoms. The molecular weight excluding hydrogens is 581 g/mol. The van der Waals surface area contributed by atoms with Crippen LogP contribution in [0.1, 0.15) is 76.9 Å². The summed E-state index contributed by atoms with van der Waals surface area (Å²) in [5.74, 6) is 0.617. The van der Waals surface area contributed by atoms with Crippen molar-refractivity contribution in [2.24, 2.45) is 0 Å². The maximum absolute atomic E-state index is 7.08. The van der Waals surface area contributed by atoms with E-state index < -0.39 is 0 Å². The normalized spacial score (nSPS) is 18.3. The molecule has 2 aliphatic rings. The number of hydrogen-bond acceptors (Lipinski definition) is 2. The van der Waals surface area contributed by atoms with Gasteiger partial charge in [0.25, 0.3) is 0 Å². The fourth-order valence-electron chi connectivity index (χ4n) is 8.67. The number of furan rings is 1. The number of thiophene rings is 1. The van der Waals surface area contributed by atoms with E-state index in [-0.39, 0.29) is 18.0 Å². The van der Waals surface area contributed by atoms with E-state index in [0.717, 1.165) is 17.6 Å². The molecule has 3 unspecified atom stereocenters. The highest BCUT2D eigenvalue weighted by atomic mass is 32.1. The van der Waals surface area contributed by atoms with Crippen molar-refractivity contribution >= 4 is 43.4 Å². The van der Waals surface area contributed by atoms with E-state index in [4.69, 9.17) is 4.42 Å². The summed E-state index contributed by atoms with van der Waals surface area (Å²) in [6.45, 7) is 15.6. The smallest absolute Gasteiger partial charge is 0.217 e. The van der Waals surface area contributed by atoms with Crippen LogP contribution in [-0.4, -0.2) is 0 Å². The lowest BCUT2D eigenvalue weighted by Gasteiger charge is -2.32. The van der Waals surface area contributed by atoms with E-state index in [2.05, 4.69) is 142 Å². The Kier molecular flexibility index (Phi) is 6.02. The molecule has 2 aliphatic heterocycles. The molecule has 3 atom stereocenters. The van der Waals surface area contributed by atoms with Crippen molar-refractivity contribution < 1.29 is 13.6 Å². The maximum Gasteiger partial charge on any atom is 0.217 e. The average molecular weight is 619 g/mol. The summed E-state index contributed by atoms with van der Waals surface area (Å²) in [6.07, 6.45) is 7.67. The molecule has 4 heteroatoms. The fraction of sp³-hybridized carbons (Fsp3) is 0.238. The molecule has 0 amide bonds. The average Bonchev–Trinajstić information content (AvgIpc) is 3.69. The van der Waals surface area contributed by atoms with E-state index in [0.29, 0.717) is 5.92 Å². The van der Waals surface area contributed by atoms with Crippen LogP contribution < -0.4 is 9.13 Å². The number of rotatable bonds is 4. The largest absolute Gasteiger partial charge is 0.454 e. The summed E-state index contributed by atoms with van der Waals surface area (Å²) in [5.41, 5.74) is 13.9. The van der Waals surface area contributed by atoms with Crippen molar-refractivity contribution in [1.82, 2.24) is 0 Å². The Morgan fingerprint density at radius 3 is 2.43 bits per heavy atom. The Hall–Kier alpha value is -4.54. The minimum Gasteiger partial charge on any atom is -0.454 e. The van der Waals surface area contributed by atoms with Gasteiger partial charge in [0, 0.05) is 51.4 Å². The summed E-state index contributed by atoms with van der Waals surface area (Å²) >= 11 is 1.85. The highest BCUT2D eigenvalue weighted by molar-refractivity contribution is 7.20. The van der Waals surface area contributed by atoms with Crippen LogP contribution in [0.5, 0.6) is 0 Å². The van der Waals surface area contributed by atoms with Gasteiger partial charge in [0.2, 0.25) is 11.4 Å². The molecule has 0 spiro atoms. The van der Waals surface area contributed by atoms with E-state index >= 15 is 0 Å². The monoisotopic (exact) mass is 618 g/mol. The molecule has 3 nitrogen and oxygen atoms in total. The van der Waals surface area contributed by atoms with Gasteiger partial charge in [-0.3, -0.25) is 0 Å². The van der Waals surface area contributed by atoms with Crippen molar-refractivity contribution in [3.8, 4) is 22.5 Å². The number of pyridine rings is 2. The zero-order chi connectivity index (χ0) is 31.4. The first-order valence-corrected chi connectivity index (χ1v) is 17.3. The molecule has 0 radical (unpaired) electrons. The second-order valence-electron chi connectivity index (χ2n) is 13.6. The SMILES string of the molecule is C=CCC1C(C2c3ccc4c(oc5c4ccc4c(C)c(C)sc45)c3-c3cc(C(C)C)c(C)c[n+]32)c2ccccc2-c2cccc[n+]21. The van der Waals surface area contributed by atoms with Crippen LogP contribution in [0.4, 0.5) is 0 Å². The lowest BCUT2D eigenvalue weighted by atomic mass is 9.75. The molecule has 0 N–H and O–H groups in total. The van der Waals surface area contributed by atoms with Crippen molar-refractivity contribution in [3.63, 3.8) is 0 Å². The van der Waals surface area contributed by atoms with Crippen LogP contribution in [0.3, 0.4) is 0 Å². The number of benzene rings is 3.